The first kappa shape index (κ1) is 23.4. The molecule has 168 valence electrons. The monoisotopic (exact) mass is 504 g/mol. The molecular weight excluding hydrogens is 489 g/mol. The van der Waals surface area contributed by atoms with Crippen LogP contribution in [0.25, 0.3) is 11.3 Å². The van der Waals surface area contributed by atoms with Crippen molar-refractivity contribution in [1.29, 1.82) is 0 Å². The van der Waals surface area contributed by atoms with E-state index in [0.717, 1.165) is 23.3 Å². The molecular formula is C24H16ClF3N2OS2. The van der Waals surface area contributed by atoms with Crippen molar-refractivity contribution in [3.8, 4) is 11.3 Å². The average Bonchev–Trinajstić information content (AvgIpc) is 3.15. The highest BCUT2D eigenvalue weighted by Gasteiger charge is 2.20. The molecule has 1 amide bonds. The van der Waals surface area contributed by atoms with Crippen LogP contribution in [-0.4, -0.2) is 16.6 Å². The summed E-state index contributed by atoms with van der Waals surface area (Å²) in [6, 6.07) is 19.9. The van der Waals surface area contributed by atoms with Gasteiger partial charge in [-0.25, -0.2) is 13.8 Å². The van der Waals surface area contributed by atoms with E-state index in [1.807, 2.05) is 42.5 Å². The van der Waals surface area contributed by atoms with Crippen LogP contribution in [0, 0.1) is 16.8 Å². The van der Waals surface area contributed by atoms with Crippen molar-refractivity contribution in [3.05, 3.63) is 106 Å². The van der Waals surface area contributed by atoms with Gasteiger partial charge in [0, 0.05) is 16.7 Å². The minimum Gasteiger partial charge on any atom is -0.301 e. The number of rotatable bonds is 7. The van der Waals surface area contributed by atoms with E-state index in [0.29, 0.717) is 22.4 Å². The van der Waals surface area contributed by atoms with E-state index in [1.54, 1.807) is 12.1 Å². The molecule has 0 aliphatic rings. The van der Waals surface area contributed by atoms with E-state index in [1.165, 1.54) is 11.8 Å². The summed E-state index contributed by atoms with van der Waals surface area (Å²) in [4.78, 5) is 16.6. The van der Waals surface area contributed by atoms with Gasteiger partial charge < -0.3 is 5.32 Å². The van der Waals surface area contributed by atoms with Gasteiger partial charge in [-0.15, -0.1) is 11.8 Å². The van der Waals surface area contributed by atoms with E-state index in [4.69, 9.17) is 11.6 Å². The van der Waals surface area contributed by atoms with E-state index >= 15 is 0 Å². The Labute approximate surface area is 201 Å². The zero-order valence-corrected chi connectivity index (χ0v) is 19.3. The predicted molar refractivity (Wildman–Crippen MR) is 128 cm³/mol. The van der Waals surface area contributed by atoms with Crippen LogP contribution >= 0.6 is 34.7 Å². The molecule has 0 bridgehead atoms. The van der Waals surface area contributed by atoms with Crippen LogP contribution < -0.4 is 5.32 Å². The van der Waals surface area contributed by atoms with Crippen LogP contribution in [0.5, 0.6) is 0 Å². The number of aromatic nitrogens is 1. The van der Waals surface area contributed by atoms with Crippen molar-refractivity contribution < 1.29 is 18.0 Å². The van der Waals surface area contributed by atoms with Gasteiger partial charge in [-0.05, 0) is 35.4 Å². The Bertz CT molecular complexity index is 1270. The van der Waals surface area contributed by atoms with Gasteiger partial charge in [0.2, 0.25) is 11.0 Å². The third-order valence-corrected chi connectivity index (χ3v) is 6.99. The Morgan fingerprint density at radius 2 is 1.70 bits per heavy atom. The molecule has 33 heavy (non-hydrogen) atoms. The molecule has 9 heteroatoms. The van der Waals surface area contributed by atoms with Crippen LogP contribution in [0.15, 0.2) is 72.8 Å². The molecule has 3 nitrogen and oxygen atoms in total. The molecule has 3 aromatic carbocycles. The second kappa shape index (κ2) is 10.4. The zero-order chi connectivity index (χ0) is 23.4. The van der Waals surface area contributed by atoms with Crippen LogP contribution in [0.4, 0.5) is 18.3 Å². The molecule has 0 aliphatic carbocycles. The molecule has 0 spiro atoms. The first-order valence-corrected chi connectivity index (χ1v) is 12.0. The van der Waals surface area contributed by atoms with E-state index in [9.17, 15) is 18.0 Å². The molecule has 1 unspecified atom stereocenters. The normalized spacial score (nSPS) is 11.9. The number of nitrogens with one attached hydrogen (secondary N) is 1. The smallest absolute Gasteiger partial charge is 0.236 e. The lowest BCUT2D eigenvalue weighted by Gasteiger charge is -2.17. The van der Waals surface area contributed by atoms with Gasteiger partial charge in [0.25, 0.3) is 0 Å². The van der Waals surface area contributed by atoms with Crippen molar-refractivity contribution in [2.75, 3.05) is 11.1 Å². The van der Waals surface area contributed by atoms with E-state index < -0.39 is 16.8 Å². The maximum atomic E-state index is 14.3. The number of anilines is 1. The predicted octanol–water partition coefficient (Wildman–Crippen LogP) is 7.34. The first-order valence-electron chi connectivity index (χ1n) is 9.74. The highest BCUT2D eigenvalue weighted by Crippen LogP contribution is 2.36. The van der Waals surface area contributed by atoms with Crippen molar-refractivity contribution in [2.24, 2.45) is 0 Å². The molecule has 4 aromatic rings. The number of thioether (sulfide) groups is 1. The number of carbonyl (C=O) groups is 1. The number of benzene rings is 3. The van der Waals surface area contributed by atoms with E-state index in [-0.39, 0.29) is 33.3 Å². The fraction of sp³-hybridized carbons (Fsp3) is 0.0833. The number of thiazole rings is 1. The summed E-state index contributed by atoms with van der Waals surface area (Å²) in [5.74, 6) is -2.01. The van der Waals surface area contributed by atoms with Crippen molar-refractivity contribution >= 4 is 45.7 Å². The summed E-state index contributed by atoms with van der Waals surface area (Å²) in [7, 11) is 0. The molecule has 0 fully saturated rings. The topological polar surface area (TPSA) is 42.0 Å². The summed E-state index contributed by atoms with van der Waals surface area (Å²) in [5, 5.41) is 2.29. The zero-order valence-electron chi connectivity index (χ0n) is 16.9. The van der Waals surface area contributed by atoms with Crippen LogP contribution in [0.2, 0.25) is 5.02 Å². The van der Waals surface area contributed by atoms with Gasteiger partial charge in [0.1, 0.15) is 17.3 Å². The minimum atomic E-state index is -0.929. The summed E-state index contributed by atoms with van der Waals surface area (Å²) < 4.78 is 41.5. The lowest BCUT2D eigenvalue weighted by atomic mass is 10.0. The van der Waals surface area contributed by atoms with Crippen molar-refractivity contribution in [1.82, 2.24) is 4.98 Å². The lowest BCUT2D eigenvalue weighted by Crippen LogP contribution is -2.15. The number of hydrogen-bond donors (Lipinski definition) is 1. The Hall–Kier alpha value is -2.81. The van der Waals surface area contributed by atoms with Gasteiger partial charge >= 0.3 is 0 Å². The quantitative estimate of drug-likeness (QED) is 0.286. The van der Waals surface area contributed by atoms with Crippen LogP contribution in [-0.2, 0) is 4.79 Å². The number of hydrogen-bond acceptors (Lipinski definition) is 4. The molecule has 0 saturated heterocycles. The van der Waals surface area contributed by atoms with Crippen LogP contribution in [0.3, 0.4) is 0 Å². The molecule has 4 rings (SSSR count). The summed E-state index contributed by atoms with van der Waals surface area (Å²) >= 11 is 7.99. The molecule has 0 saturated carbocycles. The standard InChI is InChI=1S/C24H16ClF3N2OS2/c25-16-8-6-15(7-9-16)22(14-4-2-1-3-5-14)32-13-20(31)29-24-30-21(23(28)33-24)18-11-10-17(26)12-19(18)27/h1-12,22H,13H2,(H,29,30,31). The number of nitrogens with zero attached hydrogens (tertiary/aromatic N) is 1. The molecule has 1 heterocycles. The Morgan fingerprint density at radius 1 is 1.00 bits per heavy atom. The van der Waals surface area contributed by atoms with Gasteiger partial charge in [-0.2, -0.15) is 4.39 Å². The third kappa shape index (κ3) is 5.76. The Balaban J connectivity index is 1.47. The highest BCUT2D eigenvalue weighted by molar-refractivity contribution is 8.00. The fourth-order valence-electron chi connectivity index (χ4n) is 3.17. The van der Waals surface area contributed by atoms with Gasteiger partial charge in [-0.1, -0.05) is 65.4 Å². The van der Waals surface area contributed by atoms with Crippen LogP contribution in [0.1, 0.15) is 16.4 Å². The number of halogens is 4. The largest absolute Gasteiger partial charge is 0.301 e. The average molecular weight is 505 g/mol. The molecule has 1 N–H and O–H groups in total. The second-order valence-electron chi connectivity index (χ2n) is 6.97. The van der Waals surface area contributed by atoms with Gasteiger partial charge in [0.15, 0.2) is 5.13 Å². The molecule has 0 aliphatic heterocycles. The summed E-state index contributed by atoms with van der Waals surface area (Å²) in [6.45, 7) is 0. The Morgan fingerprint density at radius 3 is 2.39 bits per heavy atom. The summed E-state index contributed by atoms with van der Waals surface area (Å²) in [6.07, 6.45) is 0. The molecule has 0 radical (unpaired) electrons. The van der Waals surface area contributed by atoms with Crippen molar-refractivity contribution in [3.63, 3.8) is 0 Å². The maximum absolute atomic E-state index is 14.3. The third-order valence-electron chi connectivity index (χ3n) is 4.67. The number of carbonyl (C=O) groups excluding carboxylic acids is 1. The second-order valence-corrected chi connectivity index (χ2v) is 9.45. The fourth-order valence-corrected chi connectivity index (χ4v) is 5.11. The number of amides is 1. The van der Waals surface area contributed by atoms with Crippen molar-refractivity contribution in [2.45, 2.75) is 5.25 Å². The highest BCUT2D eigenvalue weighted by atomic mass is 35.5. The minimum absolute atomic E-state index is 0.000390. The Kier molecular flexibility index (Phi) is 7.37. The lowest BCUT2D eigenvalue weighted by molar-refractivity contribution is -0.113. The maximum Gasteiger partial charge on any atom is 0.236 e. The van der Waals surface area contributed by atoms with Gasteiger partial charge in [0.05, 0.1) is 11.0 Å². The SMILES string of the molecule is O=C(CSC(c1ccccc1)c1ccc(Cl)cc1)Nc1nc(-c2ccc(F)cc2F)c(F)s1. The van der Waals surface area contributed by atoms with Gasteiger partial charge in [-0.3, -0.25) is 4.79 Å². The first-order chi connectivity index (χ1) is 15.9. The summed E-state index contributed by atoms with van der Waals surface area (Å²) in [5.41, 5.74) is 1.56. The molecule has 1 atom stereocenters. The molecule has 1 aromatic heterocycles. The van der Waals surface area contributed by atoms with E-state index in [2.05, 4.69) is 10.3 Å².